The third-order valence-corrected chi connectivity index (χ3v) is 4.10. The van der Waals surface area contributed by atoms with Crippen LogP contribution in [0.1, 0.15) is 27.7 Å². The number of carbonyl (C=O) groups is 1. The van der Waals surface area contributed by atoms with Gasteiger partial charge < -0.3 is 14.4 Å². The molecule has 0 bridgehead atoms. The van der Waals surface area contributed by atoms with Gasteiger partial charge in [-0.2, -0.15) is 0 Å². The standard InChI is InChI=1S/C17H26N2O3/c1-5-18(6-2)16(20)15-17(19(7-3)8-4)22-14-12-10-9-11-13(14)21-15/h9-12,15,17H,5-8H2,1-4H3/t15-,17+/m0/s1. The Morgan fingerprint density at radius 2 is 1.50 bits per heavy atom. The summed E-state index contributed by atoms with van der Waals surface area (Å²) in [4.78, 5) is 16.7. The van der Waals surface area contributed by atoms with Gasteiger partial charge in [0.15, 0.2) is 17.7 Å². The molecule has 1 aromatic carbocycles. The first-order chi connectivity index (χ1) is 10.7. The van der Waals surface area contributed by atoms with Crippen LogP contribution in [-0.4, -0.2) is 54.2 Å². The fourth-order valence-electron chi connectivity index (χ4n) is 2.77. The summed E-state index contributed by atoms with van der Waals surface area (Å²) in [5, 5.41) is 0. The van der Waals surface area contributed by atoms with Crippen molar-refractivity contribution in [2.24, 2.45) is 0 Å². The van der Waals surface area contributed by atoms with Gasteiger partial charge in [0.25, 0.3) is 5.91 Å². The Morgan fingerprint density at radius 1 is 0.955 bits per heavy atom. The lowest BCUT2D eigenvalue weighted by atomic mass is 10.2. The molecule has 1 heterocycles. The average molecular weight is 306 g/mol. The third kappa shape index (κ3) is 3.19. The quantitative estimate of drug-likeness (QED) is 0.809. The maximum atomic E-state index is 12.8. The molecule has 2 rings (SSSR count). The van der Waals surface area contributed by atoms with Crippen molar-refractivity contribution < 1.29 is 14.3 Å². The minimum atomic E-state index is -0.630. The van der Waals surface area contributed by atoms with Crippen molar-refractivity contribution in [1.29, 1.82) is 0 Å². The lowest BCUT2D eigenvalue weighted by Gasteiger charge is -2.40. The van der Waals surface area contributed by atoms with Crippen LogP contribution in [0, 0.1) is 0 Å². The maximum Gasteiger partial charge on any atom is 0.269 e. The number of fused-ring (bicyclic) bond motifs is 1. The number of benzene rings is 1. The van der Waals surface area contributed by atoms with Gasteiger partial charge in [-0.05, 0) is 39.1 Å². The highest BCUT2D eigenvalue weighted by Crippen LogP contribution is 2.35. The Morgan fingerprint density at radius 3 is 2.00 bits per heavy atom. The number of nitrogens with zero attached hydrogens (tertiary/aromatic N) is 2. The highest BCUT2D eigenvalue weighted by molar-refractivity contribution is 5.82. The van der Waals surface area contributed by atoms with E-state index in [1.54, 1.807) is 4.90 Å². The first kappa shape index (κ1) is 16.6. The monoisotopic (exact) mass is 306 g/mol. The van der Waals surface area contributed by atoms with E-state index < -0.39 is 12.3 Å². The number of rotatable bonds is 6. The van der Waals surface area contributed by atoms with Gasteiger partial charge in [0.05, 0.1) is 0 Å². The van der Waals surface area contributed by atoms with Crippen molar-refractivity contribution in [2.75, 3.05) is 26.2 Å². The van der Waals surface area contributed by atoms with Crippen LogP contribution in [0.15, 0.2) is 24.3 Å². The van der Waals surface area contributed by atoms with Gasteiger partial charge in [-0.25, -0.2) is 0 Å². The molecule has 0 unspecified atom stereocenters. The largest absolute Gasteiger partial charge is 0.471 e. The normalized spacial score (nSPS) is 20.0. The zero-order valence-corrected chi connectivity index (χ0v) is 13.9. The lowest BCUT2D eigenvalue weighted by molar-refractivity contribution is -0.153. The Bertz CT molecular complexity index is 498. The van der Waals surface area contributed by atoms with Gasteiger partial charge in [-0.15, -0.1) is 0 Å². The molecule has 122 valence electrons. The number of para-hydroxylation sites is 2. The summed E-state index contributed by atoms with van der Waals surface area (Å²) in [7, 11) is 0. The Kier molecular flexibility index (Phi) is 5.66. The molecule has 0 aromatic heterocycles. The fourth-order valence-corrected chi connectivity index (χ4v) is 2.77. The van der Waals surface area contributed by atoms with Gasteiger partial charge in [0.2, 0.25) is 6.10 Å². The number of amides is 1. The Balaban J connectivity index is 2.32. The molecule has 5 heteroatoms. The van der Waals surface area contributed by atoms with Crippen LogP contribution in [0.3, 0.4) is 0 Å². The summed E-state index contributed by atoms with van der Waals surface area (Å²) >= 11 is 0. The molecule has 1 aliphatic rings. The molecular weight excluding hydrogens is 280 g/mol. The highest BCUT2D eigenvalue weighted by atomic mass is 16.6. The summed E-state index contributed by atoms with van der Waals surface area (Å²) in [6, 6.07) is 7.52. The van der Waals surface area contributed by atoms with Crippen molar-refractivity contribution >= 4 is 5.91 Å². The van der Waals surface area contributed by atoms with E-state index in [4.69, 9.17) is 9.47 Å². The van der Waals surface area contributed by atoms with Crippen molar-refractivity contribution in [3.63, 3.8) is 0 Å². The lowest BCUT2D eigenvalue weighted by Crippen LogP contribution is -2.58. The molecular formula is C17H26N2O3. The van der Waals surface area contributed by atoms with Gasteiger partial charge in [-0.3, -0.25) is 9.69 Å². The molecule has 2 atom stereocenters. The predicted molar refractivity (Wildman–Crippen MR) is 86.1 cm³/mol. The first-order valence-corrected chi connectivity index (χ1v) is 8.11. The van der Waals surface area contributed by atoms with Crippen LogP contribution >= 0.6 is 0 Å². The Labute approximate surface area is 132 Å². The van der Waals surface area contributed by atoms with Gasteiger partial charge in [0, 0.05) is 13.1 Å². The zero-order valence-electron chi connectivity index (χ0n) is 13.9. The van der Waals surface area contributed by atoms with Crippen LogP contribution in [0.4, 0.5) is 0 Å². The zero-order chi connectivity index (χ0) is 16.1. The summed E-state index contributed by atoms with van der Waals surface area (Å²) in [5.41, 5.74) is 0. The molecule has 0 saturated heterocycles. The minimum absolute atomic E-state index is 0.0172. The topological polar surface area (TPSA) is 42.0 Å². The highest BCUT2D eigenvalue weighted by Gasteiger charge is 2.41. The molecule has 1 aromatic rings. The molecule has 22 heavy (non-hydrogen) atoms. The van der Waals surface area contributed by atoms with Crippen molar-refractivity contribution in [3.8, 4) is 11.5 Å². The Hall–Kier alpha value is -1.75. The number of likely N-dealkylation sites (N-methyl/N-ethyl adjacent to an activating group) is 2. The van der Waals surface area contributed by atoms with Gasteiger partial charge in [-0.1, -0.05) is 26.0 Å². The molecule has 0 saturated carbocycles. The average Bonchev–Trinajstić information content (AvgIpc) is 2.56. The van der Waals surface area contributed by atoms with Crippen molar-refractivity contribution in [2.45, 2.75) is 40.0 Å². The summed E-state index contributed by atoms with van der Waals surface area (Å²) in [5.74, 6) is 1.32. The van der Waals surface area contributed by atoms with Crippen LogP contribution < -0.4 is 9.47 Å². The van der Waals surface area contributed by atoms with Gasteiger partial charge >= 0.3 is 0 Å². The van der Waals surface area contributed by atoms with E-state index in [-0.39, 0.29) is 5.91 Å². The molecule has 0 radical (unpaired) electrons. The summed E-state index contributed by atoms with van der Waals surface area (Å²) in [6.45, 7) is 11.0. The molecule has 0 N–H and O–H groups in total. The van der Waals surface area contributed by atoms with Crippen LogP contribution in [-0.2, 0) is 4.79 Å². The van der Waals surface area contributed by atoms with Crippen LogP contribution in [0.2, 0.25) is 0 Å². The molecule has 0 aliphatic carbocycles. The molecule has 5 nitrogen and oxygen atoms in total. The second kappa shape index (κ2) is 7.49. The number of hydrogen-bond acceptors (Lipinski definition) is 4. The van der Waals surface area contributed by atoms with E-state index in [2.05, 4.69) is 18.7 Å². The fraction of sp³-hybridized carbons (Fsp3) is 0.588. The molecule has 0 fully saturated rings. The van der Waals surface area contributed by atoms with E-state index in [0.29, 0.717) is 24.6 Å². The SMILES string of the molecule is CCN(CC)C(=O)[C@@H]1Oc2ccccc2O[C@H]1N(CC)CC. The number of carbonyl (C=O) groups excluding carboxylic acids is 1. The second-order valence-electron chi connectivity index (χ2n) is 5.23. The van der Waals surface area contributed by atoms with Crippen molar-refractivity contribution in [1.82, 2.24) is 9.80 Å². The third-order valence-electron chi connectivity index (χ3n) is 4.10. The summed E-state index contributed by atoms with van der Waals surface area (Å²) in [6.07, 6.45) is -1.02. The van der Waals surface area contributed by atoms with E-state index in [9.17, 15) is 4.79 Å². The second-order valence-corrected chi connectivity index (χ2v) is 5.23. The molecule has 1 amide bonds. The van der Waals surface area contributed by atoms with E-state index in [1.165, 1.54) is 0 Å². The number of hydrogen-bond donors (Lipinski definition) is 0. The maximum absolute atomic E-state index is 12.8. The summed E-state index contributed by atoms with van der Waals surface area (Å²) < 4.78 is 12.1. The predicted octanol–water partition coefficient (Wildman–Crippen LogP) is 2.36. The first-order valence-electron chi connectivity index (χ1n) is 8.11. The van der Waals surface area contributed by atoms with Gasteiger partial charge in [0.1, 0.15) is 0 Å². The van der Waals surface area contributed by atoms with E-state index >= 15 is 0 Å². The minimum Gasteiger partial charge on any atom is -0.471 e. The molecule has 1 aliphatic heterocycles. The smallest absolute Gasteiger partial charge is 0.269 e. The van der Waals surface area contributed by atoms with Crippen LogP contribution in [0.25, 0.3) is 0 Å². The van der Waals surface area contributed by atoms with E-state index in [0.717, 1.165) is 13.1 Å². The molecule has 0 spiro atoms. The van der Waals surface area contributed by atoms with E-state index in [1.807, 2.05) is 38.1 Å². The number of ether oxygens (including phenoxy) is 2. The van der Waals surface area contributed by atoms with Crippen LogP contribution in [0.5, 0.6) is 11.5 Å². The van der Waals surface area contributed by atoms with Crippen molar-refractivity contribution in [3.05, 3.63) is 24.3 Å².